The van der Waals surface area contributed by atoms with Crippen LogP contribution in [-0.2, 0) is 31.0 Å². The molecule has 0 aromatic rings. The molecule has 0 unspecified atom stereocenters. The van der Waals surface area contributed by atoms with E-state index in [0.29, 0.717) is 0 Å². The number of aliphatic hydroxyl groups excluding tert-OH is 1. The summed E-state index contributed by atoms with van der Waals surface area (Å²) in [4.78, 5) is 9.01. The van der Waals surface area contributed by atoms with E-state index in [9.17, 15) is 0 Å². The van der Waals surface area contributed by atoms with Crippen LogP contribution >= 0.6 is 0 Å². The van der Waals surface area contributed by atoms with Gasteiger partial charge in [0.15, 0.2) is 0 Å². The van der Waals surface area contributed by atoms with E-state index in [1.54, 1.807) is 0 Å². The molecule has 0 rings (SSSR count). The molecule has 0 fully saturated rings. The number of rotatable bonds is 1. The van der Waals surface area contributed by atoms with Crippen LogP contribution < -0.4 is 11.3 Å². The summed E-state index contributed by atoms with van der Waals surface area (Å²) in [5.41, 5.74) is 0. The van der Waals surface area contributed by atoms with E-state index in [1.165, 1.54) is 0 Å². The molecule has 0 radical (unpaired) electrons. The maximum Gasteiger partial charge on any atom is 4.00 e. The van der Waals surface area contributed by atoms with Crippen molar-refractivity contribution in [3.8, 4) is 0 Å². The summed E-state index contributed by atoms with van der Waals surface area (Å²) in [7, 11) is 0. The van der Waals surface area contributed by atoms with Gasteiger partial charge < -0.3 is 21.2 Å². The first-order chi connectivity index (χ1) is 2.27. The zero-order valence-electron chi connectivity index (χ0n) is 3.68. The van der Waals surface area contributed by atoms with Gasteiger partial charge in [-0.3, -0.25) is 0 Å². The van der Waals surface area contributed by atoms with Gasteiger partial charge in [-0.2, -0.15) is 0 Å². The molecule has 0 aliphatic rings. The fourth-order valence-electron chi connectivity index (χ4n) is 0. The molecule has 0 aliphatic carbocycles. The van der Waals surface area contributed by atoms with Crippen molar-refractivity contribution in [2.45, 2.75) is 0 Å². The molecule has 0 aromatic heterocycles. The van der Waals surface area contributed by atoms with Crippen LogP contribution in [0.2, 0.25) is 0 Å². The Morgan fingerprint density at radius 2 is 1.86 bits per heavy atom. The molecule has 7 heavy (non-hydrogen) atoms. The molecule has 0 amide bonds. The first-order valence-corrected chi connectivity index (χ1v) is 1.08. The summed E-state index contributed by atoms with van der Waals surface area (Å²) < 4.78 is 0. The summed E-state index contributed by atoms with van der Waals surface area (Å²) in [5.74, 6) is -1.44. The number of hydrogen-bond acceptors (Lipinski definition) is 4. The molecule has 4 nitrogen and oxygen atoms in total. The molecular weight excluding hydrogens is 177 g/mol. The van der Waals surface area contributed by atoms with Crippen LogP contribution in [0.15, 0.2) is 0 Å². The number of aliphatic carboxylic acids is 1. The van der Waals surface area contributed by atoms with Gasteiger partial charge in [0.25, 0.3) is 0 Å². The smallest absolute Gasteiger partial charge is 0.548 e. The number of aliphatic hydroxyl groups is 1. The summed E-state index contributed by atoms with van der Waals surface area (Å²) in [6, 6.07) is 0. The first kappa shape index (κ1) is 15.7. The molecule has 4 N–H and O–H groups in total. The Bertz CT molecular complexity index is 48.2. The minimum absolute atomic E-state index is 0. The Hall–Kier alpha value is 0.273. The monoisotopic (exact) mass is 182 g/mol. The van der Waals surface area contributed by atoms with Crippen molar-refractivity contribution in [3.05, 3.63) is 0 Å². The van der Waals surface area contributed by atoms with Gasteiger partial charge in [0, 0.05) is 0 Å². The zero-order valence-corrected chi connectivity index (χ0v) is 6.14. The average molecular weight is 183 g/mol. The minimum atomic E-state index is -1.44. The van der Waals surface area contributed by atoms with E-state index < -0.39 is 12.6 Å². The molecule has 0 aliphatic heterocycles. The Morgan fingerprint density at radius 1 is 1.71 bits per heavy atom. The summed E-state index contributed by atoms with van der Waals surface area (Å²) >= 11 is 0. The van der Waals surface area contributed by atoms with Gasteiger partial charge in [0.2, 0.25) is 0 Å². The van der Waals surface area contributed by atoms with Crippen LogP contribution in [0, 0.1) is 0 Å². The maximum atomic E-state index is 9.01. The van der Waals surface area contributed by atoms with Crippen LogP contribution in [-0.4, -0.2) is 17.7 Å². The van der Waals surface area contributed by atoms with Crippen LogP contribution in [0.25, 0.3) is 0 Å². The Labute approximate surface area is 60.2 Å². The van der Waals surface area contributed by atoms with Crippen molar-refractivity contribution in [3.63, 3.8) is 0 Å². The molecular formula is C2H6NO3Zr+3. The van der Waals surface area contributed by atoms with Crippen LogP contribution in [0.1, 0.15) is 0 Å². The van der Waals surface area contributed by atoms with Crippen LogP contribution in [0.3, 0.4) is 0 Å². The average Bonchev–Trinajstić information content (AvgIpc) is 1.38. The van der Waals surface area contributed by atoms with E-state index in [0.717, 1.165) is 0 Å². The second-order valence-electron chi connectivity index (χ2n) is 0.530. The van der Waals surface area contributed by atoms with Crippen molar-refractivity contribution in [1.82, 2.24) is 6.15 Å². The van der Waals surface area contributed by atoms with Crippen molar-refractivity contribution < 1.29 is 41.2 Å². The Morgan fingerprint density at radius 3 is 1.86 bits per heavy atom. The molecule has 0 aromatic carbocycles. The first-order valence-electron chi connectivity index (χ1n) is 1.08. The predicted octanol–water partition coefficient (Wildman–Crippen LogP) is -2.11. The summed E-state index contributed by atoms with van der Waals surface area (Å²) in [6.45, 7) is -0.889. The third-order valence-corrected chi connectivity index (χ3v) is 0.129. The second-order valence-corrected chi connectivity index (χ2v) is 0.530. The van der Waals surface area contributed by atoms with Gasteiger partial charge in [0.05, 0.1) is 12.6 Å². The van der Waals surface area contributed by atoms with Gasteiger partial charge in [-0.1, -0.05) is 0 Å². The van der Waals surface area contributed by atoms with E-state index >= 15 is 0 Å². The SMILES string of the molecule is N.O=C([O-])CO.[Zr+4]. The third-order valence-electron chi connectivity index (χ3n) is 0.129. The molecule has 38 valence electrons. The van der Waals surface area contributed by atoms with Gasteiger partial charge >= 0.3 is 26.2 Å². The molecule has 0 bridgehead atoms. The van der Waals surface area contributed by atoms with E-state index in [2.05, 4.69) is 0 Å². The van der Waals surface area contributed by atoms with Crippen LogP contribution in [0.5, 0.6) is 0 Å². The molecule has 0 spiro atoms. The molecule has 0 saturated heterocycles. The quantitative estimate of drug-likeness (QED) is 0.486. The standard InChI is InChI=1S/C2H4O3.H3N.Zr/c3-1-2(4)5;;/h3H,1H2,(H,4,5);1H3;/q;;+4/p-1. The van der Waals surface area contributed by atoms with Crippen molar-refractivity contribution in [1.29, 1.82) is 0 Å². The topological polar surface area (TPSA) is 95.4 Å². The van der Waals surface area contributed by atoms with Gasteiger partial charge in [-0.05, 0) is 0 Å². The molecule has 0 saturated carbocycles. The third kappa shape index (κ3) is 22.2. The van der Waals surface area contributed by atoms with Crippen molar-refractivity contribution >= 4 is 5.97 Å². The summed E-state index contributed by atoms with van der Waals surface area (Å²) in [5, 5.41) is 16.5. The fraction of sp³-hybridized carbons (Fsp3) is 0.500. The number of carbonyl (C=O) groups is 1. The largest absolute Gasteiger partial charge is 4.00 e. The maximum absolute atomic E-state index is 9.01. The zero-order chi connectivity index (χ0) is 4.28. The minimum Gasteiger partial charge on any atom is -0.548 e. The Balaban J connectivity index is -0.0000000800. The van der Waals surface area contributed by atoms with E-state index in [4.69, 9.17) is 15.0 Å². The predicted molar refractivity (Wildman–Crippen MR) is 17.1 cm³/mol. The number of hydrogen-bond donors (Lipinski definition) is 2. The normalized spacial score (nSPS) is 5.29. The van der Waals surface area contributed by atoms with Crippen molar-refractivity contribution in [2.75, 3.05) is 6.61 Å². The van der Waals surface area contributed by atoms with E-state index in [1.807, 2.05) is 0 Å². The van der Waals surface area contributed by atoms with Crippen LogP contribution in [0.4, 0.5) is 0 Å². The van der Waals surface area contributed by atoms with Gasteiger partial charge in [-0.15, -0.1) is 0 Å². The molecule has 5 heteroatoms. The number of carboxylic acids is 1. The van der Waals surface area contributed by atoms with Gasteiger partial charge in [0.1, 0.15) is 0 Å². The second kappa shape index (κ2) is 9.55. The molecule has 0 atom stereocenters. The van der Waals surface area contributed by atoms with Crippen molar-refractivity contribution in [2.24, 2.45) is 0 Å². The number of carbonyl (C=O) groups excluding carboxylic acids is 1. The summed E-state index contributed by atoms with van der Waals surface area (Å²) in [6.07, 6.45) is 0. The Kier molecular flexibility index (Phi) is 21.4. The van der Waals surface area contributed by atoms with Gasteiger partial charge in [-0.25, -0.2) is 0 Å². The fourth-order valence-corrected chi connectivity index (χ4v) is 0. The van der Waals surface area contributed by atoms with E-state index in [-0.39, 0.29) is 32.4 Å². The molecule has 0 heterocycles. The number of carboxylic acid groups (broad SMARTS) is 1.